The van der Waals surface area contributed by atoms with Crippen LogP contribution in [0.3, 0.4) is 0 Å². The molecule has 3 N–H and O–H groups in total. The maximum Gasteiger partial charge on any atom is 0.209 e. The van der Waals surface area contributed by atoms with Crippen LogP contribution in [-0.2, 0) is 16.4 Å². The summed E-state index contributed by atoms with van der Waals surface area (Å²) in [5.74, 6) is -0.0110. The van der Waals surface area contributed by atoms with Gasteiger partial charge in [0.05, 0.1) is 5.75 Å². The molecule has 80 valence electrons. The quantitative estimate of drug-likeness (QED) is 0.816. The Morgan fingerprint density at radius 1 is 1.27 bits per heavy atom. The van der Waals surface area contributed by atoms with Crippen LogP contribution >= 0.6 is 0 Å². The number of hydrogen-bond donors (Lipinski definition) is 2. The van der Waals surface area contributed by atoms with Crippen molar-refractivity contribution in [3.8, 4) is 0 Å². The maximum atomic E-state index is 10.8. The number of fused-ring (bicyclic) bond motifs is 1. The van der Waals surface area contributed by atoms with E-state index in [0.717, 1.165) is 16.5 Å². The molecule has 0 aliphatic rings. The second-order valence-corrected chi connectivity index (χ2v) is 5.25. The molecule has 1 heterocycles. The number of aromatic amines is 1. The molecule has 15 heavy (non-hydrogen) atoms. The number of nitrogens with one attached hydrogen (secondary N) is 1. The molecule has 0 bridgehead atoms. The van der Waals surface area contributed by atoms with Gasteiger partial charge in [0, 0.05) is 11.7 Å². The molecule has 0 spiro atoms. The van der Waals surface area contributed by atoms with Crippen LogP contribution in [-0.4, -0.2) is 19.2 Å². The summed E-state index contributed by atoms with van der Waals surface area (Å²) in [6.45, 7) is 0. The Morgan fingerprint density at radius 3 is 2.80 bits per heavy atom. The Kier molecular flexibility index (Phi) is 2.50. The summed E-state index contributed by atoms with van der Waals surface area (Å²) in [6.07, 6.45) is 2.31. The van der Waals surface area contributed by atoms with E-state index in [1.165, 1.54) is 0 Å². The number of sulfonamides is 1. The van der Waals surface area contributed by atoms with Gasteiger partial charge in [-0.25, -0.2) is 13.6 Å². The first-order chi connectivity index (χ1) is 7.04. The largest absolute Gasteiger partial charge is 0.361 e. The molecule has 0 saturated carbocycles. The number of rotatable bonds is 3. The molecule has 0 atom stereocenters. The van der Waals surface area contributed by atoms with Gasteiger partial charge in [-0.3, -0.25) is 0 Å². The fourth-order valence-electron chi connectivity index (χ4n) is 1.52. The standard InChI is InChI=1S/C10H12N2O2S/c11-15(13,14)6-4-8-1-2-10-9(7-8)3-5-12-10/h1-3,5,7,12H,4,6H2,(H2,11,13,14). The summed E-state index contributed by atoms with van der Waals surface area (Å²) in [4.78, 5) is 3.08. The summed E-state index contributed by atoms with van der Waals surface area (Å²) in [5, 5.41) is 6.03. The highest BCUT2D eigenvalue weighted by atomic mass is 32.2. The molecule has 0 unspecified atom stereocenters. The van der Waals surface area contributed by atoms with E-state index >= 15 is 0 Å². The fourth-order valence-corrected chi connectivity index (χ4v) is 2.04. The van der Waals surface area contributed by atoms with Crippen molar-refractivity contribution in [2.75, 3.05) is 5.75 Å². The van der Waals surface area contributed by atoms with Crippen LogP contribution in [0.15, 0.2) is 30.5 Å². The van der Waals surface area contributed by atoms with Gasteiger partial charge >= 0.3 is 0 Å². The first kappa shape index (κ1) is 10.2. The lowest BCUT2D eigenvalue weighted by Gasteiger charge is -2.00. The van der Waals surface area contributed by atoms with Crippen molar-refractivity contribution in [1.29, 1.82) is 0 Å². The zero-order valence-corrected chi connectivity index (χ0v) is 8.92. The number of aromatic nitrogens is 1. The summed E-state index contributed by atoms with van der Waals surface area (Å²) in [5.41, 5.74) is 2.03. The third kappa shape index (κ3) is 2.57. The molecule has 2 rings (SSSR count). The lowest BCUT2D eigenvalue weighted by atomic mass is 10.1. The first-order valence-corrected chi connectivity index (χ1v) is 6.33. The van der Waals surface area contributed by atoms with Gasteiger partial charge in [-0.05, 0) is 35.6 Å². The number of primary sulfonamides is 1. The van der Waals surface area contributed by atoms with Gasteiger partial charge in [0.15, 0.2) is 0 Å². The van der Waals surface area contributed by atoms with Gasteiger partial charge < -0.3 is 4.98 Å². The van der Waals surface area contributed by atoms with Gasteiger partial charge in [0.1, 0.15) is 0 Å². The van der Waals surface area contributed by atoms with Crippen LogP contribution in [0.25, 0.3) is 10.9 Å². The molecule has 5 heteroatoms. The topological polar surface area (TPSA) is 76.0 Å². The van der Waals surface area contributed by atoms with Crippen molar-refractivity contribution in [1.82, 2.24) is 4.98 Å². The van der Waals surface area contributed by atoms with Crippen LogP contribution in [0.2, 0.25) is 0 Å². The molecule has 1 aromatic heterocycles. The van der Waals surface area contributed by atoms with E-state index in [-0.39, 0.29) is 5.75 Å². The molecule has 0 radical (unpaired) electrons. The lowest BCUT2D eigenvalue weighted by molar-refractivity contribution is 0.597. The Labute approximate surface area is 88.2 Å². The summed E-state index contributed by atoms with van der Waals surface area (Å²) < 4.78 is 21.6. The molecule has 0 aliphatic heterocycles. The Bertz CT molecular complexity index is 572. The minimum Gasteiger partial charge on any atom is -0.361 e. The minimum atomic E-state index is -3.37. The Balaban J connectivity index is 2.21. The molecular formula is C10H12N2O2S. The van der Waals surface area contributed by atoms with Crippen molar-refractivity contribution in [2.45, 2.75) is 6.42 Å². The number of benzene rings is 1. The van der Waals surface area contributed by atoms with E-state index < -0.39 is 10.0 Å². The van der Waals surface area contributed by atoms with E-state index in [2.05, 4.69) is 4.98 Å². The molecule has 1 aromatic carbocycles. The van der Waals surface area contributed by atoms with Gasteiger partial charge in [-0.15, -0.1) is 0 Å². The third-order valence-corrected chi connectivity index (χ3v) is 3.07. The second-order valence-electron chi connectivity index (χ2n) is 3.52. The monoisotopic (exact) mass is 224 g/mol. The second kappa shape index (κ2) is 3.67. The molecular weight excluding hydrogens is 212 g/mol. The van der Waals surface area contributed by atoms with Crippen molar-refractivity contribution in [2.24, 2.45) is 5.14 Å². The maximum absolute atomic E-state index is 10.8. The van der Waals surface area contributed by atoms with Gasteiger partial charge in [-0.2, -0.15) is 0 Å². The predicted molar refractivity (Wildman–Crippen MR) is 60.0 cm³/mol. The summed E-state index contributed by atoms with van der Waals surface area (Å²) in [6, 6.07) is 7.77. The van der Waals surface area contributed by atoms with Crippen LogP contribution in [0, 0.1) is 0 Å². The molecule has 4 nitrogen and oxygen atoms in total. The zero-order valence-electron chi connectivity index (χ0n) is 8.10. The van der Waals surface area contributed by atoms with Crippen molar-refractivity contribution < 1.29 is 8.42 Å². The Hall–Kier alpha value is -1.33. The highest BCUT2D eigenvalue weighted by Crippen LogP contribution is 2.14. The molecule has 2 aromatic rings. The third-order valence-electron chi connectivity index (χ3n) is 2.29. The van der Waals surface area contributed by atoms with Gasteiger partial charge in [0.2, 0.25) is 10.0 Å². The van der Waals surface area contributed by atoms with Gasteiger partial charge in [-0.1, -0.05) is 6.07 Å². The van der Waals surface area contributed by atoms with E-state index in [4.69, 9.17) is 5.14 Å². The van der Waals surface area contributed by atoms with Crippen molar-refractivity contribution in [3.63, 3.8) is 0 Å². The number of nitrogens with two attached hydrogens (primary N) is 1. The average molecular weight is 224 g/mol. The van der Waals surface area contributed by atoms with Crippen molar-refractivity contribution >= 4 is 20.9 Å². The van der Waals surface area contributed by atoms with E-state index in [9.17, 15) is 8.42 Å². The molecule has 0 fully saturated rings. The van der Waals surface area contributed by atoms with Crippen LogP contribution in [0.4, 0.5) is 0 Å². The average Bonchev–Trinajstić information content (AvgIpc) is 2.60. The minimum absolute atomic E-state index is 0.0110. The number of hydrogen-bond acceptors (Lipinski definition) is 2. The molecule has 0 aliphatic carbocycles. The summed E-state index contributed by atoms with van der Waals surface area (Å²) >= 11 is 0. The predicted octanol–water partition coefficient (Wildman–Crippen LogP) is 0.999. The number of aryl methyl sites for hydroxylation is 1. The Morgan fingerprint density at radius 2 is 2.07 bits per heavy atom. The molecule has 0 amide bonds. The fraction of sp³-hybridized carbons (Fsp3) is 0.200. The number of H-pyrrole nitrogens is 1. The van der Waals surface area contributed by atoms with Crippen LogP contribution in [0.1, 0.15) is 5.56 Å². The highest BCUT2D eigenvalue weighted by molar-refractivity contribution is 7.89. The zero-order chi connectivity index (χ0) is 10.9. The molecule has 0 saturated heterocycles. The summed E-state index contributed by atoms with van der Waals surface area (Å²) in [7, 11) is -3.37. The van der Waals surface area contributed by atoms with Crippen LogP contribution < -0.4 is 5.14 Å². The van der Waals surface area contributed by atoms with Crippen molar-refractivity contribution in [3.05, 3.63) is 36.0 Å². The first-order valence-electron chi connectivity index (χ1n) is 4.61. The lowest BCUT2D eigenvalue weighted by Crippen LogP contribution is -2.17. The van der Waals surface area contributed by atoms with Gasteiger partial charge in [0.25, 0.3) is 0 Å². The smallest absolute Gasteiger partial charge is 0.209 e. The SMILES string of the molecule is NS(=O)(=O)CCc1ccc2[nH]ccc2c1. The van der Waals surface area contributed by atoms with E-state index in [0.29, 0.717) is 6.42 Å². The highest BCUT2D eigenvalue weighted by Gasteiger charge is 2.04. The van der Waals surface area contributed by atoms with E-state index in [1.54, 1.807) is 0 Å². The van der Waals surface area contributed by atoms with Crippen LogP contribution in [0.5, 0.6) is 0 Å². The normalized spacial score (nSPS) is 12.1. The van der Waals surface area contributed by atoms with E-state index in [1.807, 2.05) is 30.5 Å².